The molecule has 0 aliphatic heterocycles. The maximum atomic E-state index is 13.2. The predicted molar refractivity (Wildman–Crippen MR) is 118 cm³/mol. The van der Waals surface area contributed by atoms with Gasteiger partial charge in [-0.3, -0.25) is 22.9 Å². The van der Waals surface area contributed by atoms with Crippen LogP contribution in [0.25, 0.3) is 22.6 Å². The molecule has 8 nitrogen and oxygen atoms in total. The molecule has 3 aromatic heterocycles. The van der Waals surface area contributed by atoms with Gasteiger partial charge in [-0.25, -0.2) is 9.18 Å². The predicted octanol–water partition coefficient (Wildman–Crippen LogP) is 2.70. The maximum Gasteiger partial charge on any atom is 0.332 e. The van der Waals surface area contributed by atoms with Crippen molar-refractivity contribution in [3.05, 3.63) is 92.6 Å². The monoisotopic (exact) mass is 433 g/mol. The quantitative estimate of drug-likeness (QED) is 0.437. The lowest BCUT2D eigenvalue weighted by Crippen LogP contribution is -2.37. The van der Waals surface area contributed by atoms with Gasteiger partial charge in [0.1, 0.15) is 18.2 Å². The van der Waals surface area contributed by atoms with E-state index in [1.54, 1.807) is 23.6 Å². The van der Waals surface area contributed by atoms with E-state index in [1.807, 2.05) is 42.0 Å². The normalized spacial score (nSPS) is 11.5. The Labute approximate surface area is 181 Å². The number of fused-ring (bicyclic) bond motifs is 3. The van der Waals surface area contributed by atoms with Crippen molar-refractivity contribution < 1.29 is 9.13 Å². The van der Waals surface area contributed by atoms with Crippen LogP contribution in [0.4, 0.5) is 4.39 Å². The number of halogens is 1. The van der Waals surface area contributed by atoms with Crippen LogP contribution in [0.5, 0.6) is 5.75 Å². The Bertz CT molecular complexity index is 1610. The molecule has 0 N–H and O–H groups in total. The summed E-state index contributed by atoms with van der Waals surface area (Å²) in [6, 6.07) is 13.6. The zero-order valence-electron chi connectivity index (χ0n) is 17.7. The van der Waals surface area contributed by atoms with E-state index < -0.39 is 11.2 Å². The molecule has 0 aliphatic carbocycles. The van der Waals surface area contributed by atoms with Gasteiger partial charge in [-0.15, -0.1) is 0 Å². The van der Waals surface area contributed by atoms with E-state index in [9.17, 15) is 14.0 Å². The van der Waals surface area contributed by atoms with Gasteiger partial charge in [0.15, 0.2) is 11.2 Å². The molecule has 0 amide bonds. The standard InChI is InChI=1S/C23H20FN5O3/c1-14-12-28-19-20(26(2)23(31)27(3)21(19)30)25-22(28)29(14)17-6-4-5-7-18(17)32-13-15-8-10-16(24)11-9-15/h4-12H,13H2,1-3H3. The first-order valence-electron chi connectivity index (χ1n) is 9.99. The van der Waals surface area contributed by atoms with Gasteiger partial charge in [0.25, 0.3) is 5.56 Å². The minimum absolute atomic E-state index is 0.263. The average Bonchev–Trinajstić information content (AvgIpc) is 3.30. The first-order chi connectivity index (χ1) is 15.4. The molecule has 162 valence electrons. The number of hydrogen-bond donors (Lipinski definition) is 0. The number of para-hydroxylation sites is 2. The number of aryl methyl sites for hydroxylation is 2. The highest BCUT2D eigenvalue weighted by Gasteiger charge is 2.21. The van der Waals surface area contributed by atoms with Gasteiger partial charge in [0.05, 0.1) is 5.69 Å². The van der Waals surface area contributed by atoms with E-state index in [0.29, 0.717) is 22.7 Å². The zero-order valence-corrected chi connectivity index (χ0v) is 17.7. The van der Waals surface area contributed by atoms with Crippen molar-refractivity contribution in [2.24, 2.45) is 14.1 Å². The van der Waals surface area contributed by atoms with Gasteiger partial charge in [-0.05, 0) is 36.8 Å². The highest BCUT2D eigenvalue weighted by atomic mass is 19.1. The Balaban J connectivity index is 1.67. The smallest absolute Gasteiger partial charge is 0.332 e. The molecule has 0 fully saturated rings. The van der Waals surface area contributed by atoms with E-state index in [4.69, 9.17) is 4.74 Å². The van der Waals surface area contributed by atoms with Gasteiger partial charge >= 0.3 is 5.69 Å². The number of hydrogen-bond acceptors (Lipinski definition) is 4. The average molecular weight is 433 g/mol. The fraction of sp³-hybridized carbons (Fsp3) is 0.174. The van der Waals surface area contributed by atoms with Crippen LogP contribution in [0.1, 0.15) is 11.3 Å². The van der Waals surface area contributed by atoms with Crippen LogP contribution in [-0.2, 0) is 20.7 Å². The van der Waals surface area contributed by atoms with Gasteiger partial charge in [-0.2, -0.15) is 4.98 Å². The molecule has 0 unspecified atom stereocenters. The van der Waals surface area contributed by atoms with Crippen molar-refractivity contribution in [2.45, 2.75) is 13.5 Å². The molecule has 9 heteroatoms. The lowest BCUT2D eigenvalue weighted by atomic mass is 10.2. The minimum Gasteiger partial charge on any atom is -0.487 e. The first kappa shape index (κ1) is 19.8. The van der Waals surface area contributed by atoms with Gasteiger partial charge in [0.2, 0.25) is 5.78 Å². The summed E-state index contributed by atoms with van der Waals surface area (Å²) in [6.45, 7) is 2.17. The third-order valence-corrected chi connectivity index (χ3v) is 5.56. The van der Waals surface area contributed by atoms with Crippen molar-refractivity contribution in [1.82, 2.24) is 23.1 Å². The van der Waals surface area contributed by atoms with Crippen LogP contribution < -0.4 is 16.0 Å². The summed E-state index contributed by atoms with van der Waals surface area (Å²) in [5.41, 5.74) is 2.20. The summed E-state index contributed by atoms with van der Waals surface area (Å²) >= 11 is 0. The Kier molecular flexibility index (Phi) is 4.47. The molecule has 5 aromatic rings. The molecule has 0 aliphatic rings. The number of aromatic nitrogens is 5. The molecular weight excluding hydrogens is 413 g/mol. The second kappa shape index (κ2) is 7.23. The lowest BCUT2D eigenvalue weighted by Gasteiger charge is -2.13. The maximum absolute atomic E-state index is 13.2. The van der Waals surface area contributed by atoms with Crippen molar-refractivity contribution in [3.8, 4) is 11.4 Å². The molecule has 0 saturated carbocycles. The molecular formula is C23H20FN5O3. The van der Waals surface area contributed by atoms with Crippen LogP contribution in [-0.4, -0.2) is 23.1 Å². The summed E-state index contributed by atoms with van der Waals surface area (Å²) in [6.07, 6.45) is 1.81. The van der Waals surface area contributed by atoms with E-state index >= 15 is 0 Å². The number of benzene rings is 2. The number of ether oxygens (including phenoxy) is 1. The van der Waals surface area contributed by atoms with E-state index in [-0.39, 0.29) is 12.4 Å². The molecule has 2 aromatic carbocycles. The van der Waals surface area contributed by atoms with E-state index in [1.165, 1.54) is 23.7 Å². The fourth-order valence-corrected chi connectivity index (χ4v) is 3.89. The topological polar surface area (TPSA) is 75.5 Å². The second-order valence-electron chi connectivity index (χ2n) is 7.65. The highest BCUT2D eigenvalue weighted by Crippen LogP contribution is 2.28. The first-order valence-corrected chi connectivity index (χ1v) is 9.99. The molecule has 0 radical (unpaired) electrons. The van der Waals surface area contributed by atoms with Crippen molar-refractivity contribution in [2.75, 3.05) is 0 Å². The van der Waals surface area contributed by atoms with Crippen LogP contribution in [0, 0.1) is 12.7 Å². The van der Waals surface area contributed by atoms with Crippen LogP contribution in [0.3, 0.4) is 0 Å². The molecule has 3 heterocycles. The summed E-state index contributed by atoms with van der Waals surface area (Å²) in [7, 11) is 3.04. The second-order valence-corrected chi connectivity index (χ2v) is 7.65. The Hall–Kier alpha value is -4.14. The van der Waals surface area contributed by atoms with Gasteiger partial charge < -0.3 is 4.74 Å². The van der Waals surface area contributed by atoms with Crippen molar-refractivity contribution >= 4 is 16.9 Å². The number of rotatable bonds is 4. The Morgan fingerprint density at radius 1 is 1.00 bits per heavy atom. The Morgan fingerprint density at radius 2 is 1.72 bits per heavy atom. The minimum atomic E-state index is -0.436. The van der Waals surface area contributed by atoms with Gasteiger partial charge in [0, 0.05) is 26.0 Å². The third kappa shape index (κ3) is 2.93. The summed E-state index contributed by atoms with van der Waals surface area (Å²) < 4.78 is 25.2. The Morgan fingerprint density at radius 3 is 2.47 bits per heavy atom. The number of imidazole rings is 2. The van der Waals surface area contributed by atoms with E-state index in [0.717, 1.165) is 21.5 Å². The van der Waals surface area contributed by atoms with E-state index in [2.05, 4.69) is 4.98 Å². The van der Waals surface area contributed by atoms with Gasteiger partial charge in [-0.1, -0.05) is 24.3 Å². The molecule has 0 bridgehead atoms. The van der Waals surface area contributed by atoms with Crippen LogP contribution >= 0.6 is 0 Å². The SMILES string of the molecule is Cc1cn2c3c(=O)n(C)c(=O)n(C)c3nc2n1-c1ccccc1OCc1ccc(F)cc1. The van der Waals surface area contributed by atoms with Crippen molar-refractivity contribution in [1.29, 1.82) is 0 Å². The molecule has 32 heavy (non-hydrogen) atoms. The third-order valence-electron chi connectivity index (χ3n) is 5.56. The lowest BCUT2D eigenvalue weighted by molar-refractivity contribution is 0.305. The fourth-order valence-electron chi connectivity index (χ4n) is 3.89. The molecule has 0 spiro atoms. The van der Waals surface area contributed by atoms with Crippen LogP contribution in [0.15, 0.2) is 64.3 Å². The van der Waals surface area contributed by atoms with Crippen molar-refractivity contribution in [3.63, 3.8) is 0 Å². The zero-order chi connectivity index (χ0) is 22.6. The number of nitrogens with zero attached hydrogens (tertiary/aromatic N) is 5. The molecule has 0 atom stereocenters. The molecule has 5 rings (SSSR count). The summed E-state index contributed by atoms with van der Waals surface area (Å²) in [5.74, 6) is 0.798. The molecule has 0 saturated heterocycles. The summed E-state index contributed by atoms with van der Waals surface area (Å²) in [5, 5.41) is 0. The van der Waals surface area contributed by atoms with Crippen LogP contribution in [0.2, 0.25) is 0 Å². The highest BCUT2D eigenvalue weighted by molar-refractivity contribution is 5.76. The largest absolute Gasteiger partial charge is 0.487 e. The summed E-state index contributed by atoms with van der Waals surface area (Å²) in [4.78, 5) is 29.8.